The van der Waals surface area contributed by atoms with Crippen molar-refractivity contribution < 1.29 is 15.0 Å². The molecule has 1 heterocycles. The van der Waals surface area contributed by atoms with Gasteiger partial charge in [0.15, 0.2) is 0 Å². The van der Waals surface area contributed by atoms with Crippen molar-refractivity contribution in [2.24, 2.45) is 0 Å². The summed E-state index contributed by atoms with van der Waals surface area (Å²) >= 11 is 1.30. The molecule has 0 aliphatic heterocycles. The van der Waals surface area contributed by atoms with E-state index in [9.17, 15) is 15.0 Å². The Bertz CT molecular complexity index is 907. The molecule has 0 atom stereocenters. The van der Waals surface area contributed by atoms with E-state index in [2.05, 4.69) is 5.32 Å². The predicted octanol–water partition coefficient (Wildman–Crippen LogP) is 2.91. The third-order valence-corrected chi connectivity index (χ3v) is 5.01. The van der Waals surface area contributed by atoms with Crippen molar-refractivity contribution in [2.45, 2.75) is 19.8 Å². The molecule has 2 aromatic carbocycles. The molecule has 0 aliphatic rings. The molecule has 1 amide bonds. The Kier molecular flexibility index (Phi) is 5.68. The number of carbonyl (C=O) groups is 1. The monoisotopic (exact) mass is 368 g/mol. The van der Waals surface area contributed by atoms with E-state index in [4.69, 9.17) is 5.73 Å². The number of nitrogen functional groups attached to an aromatic ring is 1. The molecule has 0 radical (unpaired) electrons. The van der Waals surface area contributed by atoms with Crippen LogP contribution in [-0.2, 0) is 19.8 Å². The van der Waals surface area contributed by atoms with Crippen LogP contribution in [0.4, 0.5) is 5.00 Å². The van der Waals surface area contributed by atoms with Gasteiger partial charge in [-0.15, -0.1) is 11.3 Å². The quantitative estimate of drug-likeness (QED) is 0.538. The molecule has 0 saturated heterocycles. The van der Waals surface area contributed by atoms with Gasteiger partial charge in [-0.3, -0.25) is 4.79 Å². The van der Waals surface area contributed by atoms with E-state index in [1.54, 1.807) is 12.1 Å². The Hall–Kier alpha value is -2.67. The Labute approximate surface area is 155 Å². The van der Waals surface area contributed by atoms with Gasteiger partial charge >= 0.3 is 0 Å². The molecule has 0 saturated carbocycles. The van der Waals surface area contributed by atoms with Gasteiger partial charge in [-0.05, 0) is 28.3 Å². The number of hydrogen-bond acceptors (Lipinski definition) is 5. The number of aliphatic hydroxyl groups is 2. The molecule has 5 N–H and O–H groups in total. The largest absolute Gasteiger partial charge is 0.392 e. The molecule has 0 spiro atoms. The fourth-order valence-electron chi connectivity index (χ4n) is 2.78. The average Bonchev–Trinajstić information content (AvgIpc) is 3.07. The van der Waals surface area contributed by atoms with Crippen LogP contribution < -0.4 is 11.1 Å². The van der Waals surface area contributed by atoms with Gasteiger partial charge in [-0.1, -0.05) is 42.5 Å². The van der Waals surface area contributed by atoms with Crippen LogP contribution >= 0.6 is 11.3 Å². The highest BCUT2D eigenvalue weighted by Gasteiger charge is 2.19. The Morgan fingerprint density at radius 1 is 1.04 bits per heavy atom. The Balaban J connectivity index is 1.88. The zero-order valence-corrected chi connectivity index (χ0v) is 14.9. The molecule has 1 aromatic heterocycles. The number of aliphatic hydroxyl groups excluding tert-OH is 2. The topological polar surface area (TPSA) is 95.6 Å². The number of nitrogens with two attached hydrogens (primary N) is 1. The maximum Gasteiger partial charge on any atom is 0.255 e. The summed E-state index contributed by atoms with van der Waals surface area (Å²) in [6, 6.07) is 15.0. The first-order chi connectivity index (χ1) is 12.6. The standard InChI is InChI=1S/C20H20N2O3S/c21-19-18(20(25)22-9-13-4-2-1-3-5-13)17(12-26-19)14-6-7-15(10-23)16(8-14)11-24/h1-8,12,23-24H,9-11,21H2,(H,22,25). The molecule has 0 aliphatic carbocycles. The Morgan fingerprint density at radius 3 is 2.46 bits per heavy atom. The summed E-state index contributed by atoms with van der Waals surface area (Å²) in [7, 11) is 0. The van der Waals surface area contributed by atoms with Crippen molar-refractivity contribution in [1.29, 1.82) is 0 Å². The summed E-state index contributed by atoms with van der Waals surface area (Å²) in [6.07, 6.45) is 0. The fourth-order valence-corrected chi connectivity index (χ4v) is 3.60. The summed E-state index contributed by atoms with van der Waals surface area (Å²) in [5, 5.41) is 24.0. The van der Waals surface area contributed by atoms with Crippen LogP contribution in [-0.4, -0.2) is 16.1 Å². The number of thiophene rings is 1. The highest BCUT2D eigenvalue weighted by molar-refractivity contribution is 7.15. The number of anilines is 1. The molecule has 26 heavy (non-hydrogen) atoms. The van der Waals surface area contributed by atoms with Crippen molar-refractivity contribution in [3.05, 3.63) is 76.2 Å². The SMILES string of the molecule is Nc1scc(-c2ccc(CO)c(CO)c2)c1C(=O)NCc1ccccc1. The van der Waals surface area contributed by atoms with E-state index in [0.717, 1.165) is 16.7 Å². The van der Waals surface area contributed by atoms with Gasteiger partial charge < -0.3 is 21.3 Å². The van der Waals surface area contributed by atoms with Crippen LogP contribution in [0, 0.1) is 0 Å². The lowest BCUT2D eigenvalue weighted by Crippen LogP contribution is -2.23. The van der Waals surface area contributed by atoms with Crippen molar-refractivity contribution in [1.82, 2.24) is 5.32 Å². The van der Waals surface area contributed by atoms with Gasteiger partial charge in [-0.2, -0.15) is 0 Å². The lowest BCUT2D eigenvalue weighted by atomic mass is 9.98. The molecular weight excluding hydrogens is 348 g/mol. The minimum absolute atomic E-state index is 0.146. The van der Waals surface area contributed by atoms with Gasteiger partial charge in [-0.25, -0.2) is 0 Å². The van der Waals surface area contributed by atoms with Gasteiger partial charge in [0.05, 0.1) is 23.8 Å². The van der Waals surface area contributed by atoms with Gasteiger partial charge in [0.1, 0.15) is 0 Å². The molecule has 0 fully saturated rings. The maximum absolute atomic E-state index is 12.7. The normalized spacial score (nSPS) is 10.7. The third-order valence-electron chi connectivity index (χ3n) is 4.20. The maximum atomic E-state index is 12.7. The third kappa shape index (κ3) is 3.77. The molecule has 5 nitrogen and oxygen atoms in total. The summed E-state index contributed by atoms with van der Waals surface area (Å²) in [5.41, 5.74) is 10.3. The predicted molar refractivity (Wildman–Crippen MR) is 104 cm³/mol. The zero-order valence-electron chi connectivity index (χ0n) is 14.1. The molecule has 0 unspecified atom stereocenters. The fraction of sp³-hybridized carbons (Fsp3) is 0.150. The van der Waals surface area contributed by atoms with E-state index in [-0.39, 0.29) is 19.1 Å². The van der Waals surface area contributed by atoms with E-state index >= 15 is 0 Å². The lowest BCUT2D eigenvalue weighted by molar-refractivity contribution is 0.0953. The molecule has 3 rings (SSSR count). The average molecular weight is 368 g/mol. The van der Waals surface area contributed by atoms with E-state index < -0.39 is 0 Å². The first kappa shape index (κ1) is 18.1. The van der Waals surface area contributed by atoms with Crippen LogP contribution in [0.3, 0.4) is 0 Å². The smallest absolute Gasteiger partial charge is 0.255 e. The lowest BCUT2D eigenvalue weighted by Gasteiger charge is -2.10. The van der Waals surface area contributed by atoms with Crippen molar-refractivity contribution in [2.75, 3.05) is 5.73 Å². The number of hydrogen-bond donors (Lipinski definition) is 4. The van der Waals surface area contributed by atoms with Gasteiger partial charge in [0, 0.05) is 17.5 Å². The minimum Gasteiger partial charge on any atom is -0.392 e. The minimum atomic E-state index is -0.237. The first-order valence-corrected chi connectivity index (χ1v) is 9.05. The van der Waals surface area contributed by atoms with Crippen LogP contribution in [0.15, 0.2) is 53.9 Å². The van der Waals surface area contributed by atoms with Crippen LogP contribution in [0.2, 0.25) is 0 Å². The number of benzene rings is 2. The highest BCUT2D eigenvalue weighted by Crippen LogP contribution is 2.34. The number of nitrogens with one attached hydrogen (secondary N) is 1. The van der Waals surface area contributed by atoms with E-state index in [1.807, 2.05) is 41.8 Å². The van der Waals surface area contributed by atoms with Gasteiger partial charge in [0.25, 0.3) is 5.91 Å². The second-order valence-electron chi connectivity index (χ2n) is 5.86. The van der Waals surface area contributed by atoms with E-state index in [1.165, 1.54) is 11.3 Å². The zero-order chi connectivity index (χ0) is 18.5. The number of amides is 1. The van der Waals surface area contributed by atoms with Crippen molar-refractivity contribution in [3.8, 4) is 11.1 Å². The molecule has 3 aromatic rings. The summed E-state index contributed by atoms with van der Waals surface area (Å²) < 4.78 is 0. The number of rotatable bonds is 6. The second kappa shape index (κ2) is 8.14. The second-order valence-corrected chi connectivity index (χ2v) is 6.77. The summed E-state index contributed by atoms with van der Waals surface area (Å²) in [6.45, 7) is 0.0883. The summed E-state index contributed by atoms with van der Waals surface area (Å²) in [4.78, 5) is 12.7. The van der Waals surface area contributed by atoms with E-state index in [0.29, 0.717) is 28.2 Å². The molecular formula is C20H20N2O3S. The number of carbonyl (C=O) groups excluding carboxylic acids is 1. The molecule has 134 valence electrons. The summed E-state index contributed by atoms with van der Waals surface area (Å²) in [5.74, 6) is -0.237. The highest BCUT2D eigenvalue weighted by atomic mass is 32.1. The Morgan fingerprint density at radius 2 is 1.77 bits per heavy atom. The van der Waals surface area contributed by atoms with Gasteiger partial charge in [0.2, 0.25) is 0 Å². The first-order valence-electron chi connectivity index (χ1n) is 8.17. The van der Waals surface area contributed by atoms with Crippen molar-refractivity contribution >= 4 is 22.2 Å². The molecule has 6 heteroatoms. The van der Waals surface area contributed by atoms with Crippen LogP contribution in [0.25, 0.3) is 11.1 Å². The van der Waals surface area contributed by atoms with Crippen LogP contribution in [0.1, 0.15) is 27.0 Å². The van der Waals surface area contributed by atoms with Crippen molar-refractivity contribution in [3.63, 3.8) is 0 Å². The van der Waals surface area contributed by atoms with Crippen LogP contribution in [0.5, 0.6) is 0 Å². The molecule has 0 bridgehead atoms.